The van der Waals surface area contributed by atoms with Crippen LogP contribution in [-0.2, 0) is 6.42 Å². The summed E-state index contributed by atoms with van der Waals surface area (Å²) in [5.41, 5.74) is 13.2. The van der Waals surface area contributed by atoms with Crippen molar-refractivity contribution in [3.05, 3.63) is 52.3 Å². The number of nitrogens with one attached hydrogen (secondary N) is 1. The number of aromatic amines is 1. The van der Waals surface area contributed by atoms with Crippen molar-refractivity contribution in [1.29, 1.82) is 0 Å². The molecule has 1 aromatic carbocycles. The molecule has 96 valence electrons. The van der Waals surface area contributed by atoms with E-state index < -0.39 is 0 Å². The van der Waals surface area contributed by atoms with E-state index in [0.717, 1.165) is 11.1 Å². The van der Waals surface area contributed by atoms with Gasteiger partial charge in [-0.05, 0) is 23.8 Å². The Morgan fingerprint density at radius 3 is 2.33 bits per heavy atom. The summed E-state index contributed by atoms with van der Waals surface area (Å²) >= 11 is 5.91. The fraction of sp³-hybridized carbons (Fsp3) is 0.0833. The molecule has 18 heavy (non-hydrogen) atoms. The van der Waals surface area contributed by atoms with Crippen LogP contribution in [0.1, 0.15) is 11.1 Å². The fourth-order valence-electron chi connectivity index (χ4n) is 1.56. The van der Waals surface area contributed by atoms with E-state index in [4.69, 9.17) is 23.1 Å². The van der Waals surface area contributed by atoms with Gasteiger partial charge in [0, 0.05) is 12.0 Å². The molecule has 0 amide bonds. The van der Waals surface area contributed by atoms with Gasteiger partial charge in [0.15, 0.2) is 0 Å². The molecule has 0 saturated carbocycles. The molecule has 1 heterocycles. The van der Waals surface area contributed by atoms with Crippen molar-refractivity contribution in [2.75, 3.05) is 11.5 Å². The van der Waals surface area contributed by atoms with Crippen molar-refractivity contribution < 1.29 is 21.8 Å². The van der Waals surface area contributed by atoms with Crippen molar-refractivity contribution in [2.45, 2.75) is 6.42 Å². The summed E-state index contributed by atoms with van der Waals surface area (Å²) in [7, 11) is 0. The summed E-state index contributed by atoms with van der Waals surface area (Å²) in [6.07, 6.45) is 0.572. The number of nitrogen functional groups attached to an aromatic ring is 2. The number of H-pyrrole nitrogens is 1. The van der Waals surface area contributed by atoms with E-state index in [1.807, 2.05) is 0 Å². The lowest BCUT2D eigenvalue weighted by Crippen LogP contribution is -3.00. The Kier molecular flexibility index (Phi) is 4.76. The molecule has 0 bridgehead atoms. The topological polar surface area (TPSA) is 66.2 Å². The van der Waals surface area contributed by atoms with E-state index in [1.54, 1.807) is 18.2 Å². The van der Waals surface area contributed by atoms with Crippen LogP contribution in [0.3, 0.4) is 0 Å². The van der Waals surface area contributed by atoms with Gasteiger partial charge in [-0.3, -0.25) is 0 Å². The SMILES string of the molecule is Nc1[nH+]c(N)c(Cc2ccc(F)cc2)cc1Cl.[Cl-]. The number of rotatable bonds is 2. The van der Waals surface area contributed by atoms with E-state index in [9.17, 15) is 4.39 Å². The van der Waals surface area contributed by atoms with E-state index in [0.29, 0.717) is 23.1 Å². The van der Waals surface area contributed by atoms with Crippen molar-refractivity contribution in [3.8, 4) is 0 Å². The Balaban J connectivity index is 0.00000162. The molecule has 5 N–H and O–H groups in total. The van der Waals surface area contributed by atoms with Crippen LogP contribution in [0.15, 0.2) is 30.3 Å². The van der Waals surface area contributed by atoms with Crippen LogP contribution in [0, 0.1) is 5.82 Å². The summed E-state index contributed by atoms with van der Waals surface area (Å²) in [5.74, 6) is 0.548. The Morgan fingerprint density at radius 1 is 1.11 bits per heavy atom. The molecule has 0 spiro atoms. The first-order valence-electron chi connectivity index (χ1n) is 5.06. The maximum Gasteiger partial charge on any atom is 0.235 e. The van der Waals surface area contributed by atoms with Gasteiger partial charge in [-0.2, -0.15) is 0 Å². The second kappa shape index (κ2) is 5.89. The number of benzene rings is 1. The molecule has 0 aliphatic carbocycles. The quantitative estimate of drug-likeness (QED) is 0.748. The Labute approximate surface area is 115 Å². The lowest BCUT2D eigenvalue weighted by molar-refractivity contribution is -0.343. The summed E-state index contributed by atoms with van der Waals surface area (Å²) in [6.45, 7) is 0. The molecule has 6 heteroatoms. The third-order valence-corrected chi connectivity index (χ3v) is 2.79. The van der Waals surface area contributed by atoms with Gasteiger partial charge in [-0.15, -0.1) is 0 Å². The molecule has 0 saturated heterocycles. The van der Waals surface area contributed by atoms with Gasteiger partial charge in [-0.1, -0.05) is 23.7 Å². The Bertz CT molecular complexity index is 544. The third-order valence-electron chi connectivity index (χ3n) is 2.48. The molecule has 3 nitrogen and oxygen atoms in total. The van der Waals surface area contributed by atoms with Crippen molar-refractivity contribution in [3.63, 3.8) is 0 Å². The fourth-order valence-corrected chi connectivity index (χ4v) is 1.74. The lowest BCUT2D eigenvalue weighted by Gasteiger charge is -2.04. The zero-order valence-corrected chi connectivity index (χ0v) is 10.9. The van der Waals surface area contributed by atoms with Gasteiger partial charge < -0.3 is 23.9 Å². The van der Waals surface area contributed by atoms with Crippen molar-refractivity contribution in [2.24, 2.45) is 0 Å². The van der Waals surface area contributed by atoms with Crippen LogP contribution >= 0.6 is 11.6 Å². The number of hydrogen-bond donors (Lipinski definition) is 2. The highest BCUT2D eigenvalue weighted by Crippen LogP contribution is 2.20. The second-order valence-electron chi connectivity index (χ2n) is 3.77. The molecule has 0 fully saturated rings. The minimum absolute atomic E-state index is 0. The van der Waals surface area contributed by atoms with E-state index >= 15 is 0 Å². The highest BCUT2D eigenvalue weighted by Gasteiger charge is 2.10. The van der Waals surface area contributed by atoms with Gasteiger partial charge in [0.25, 0.3) is 0 Å². The molecule has 0 radical (unpaired) electrons. The molecule has 2 rings (SSSR count). The summed E-state index contributed by atoms with van der Waals surface area (Å²) in [6, 6.07) is 7.95. The molecule has 0 aliphatic heterocycles. The first-order valence-corrected chi connectivity index (χ1v) is 5.44. The van der Waals surface area contributed by atoms with Gasteiger partial charge >= 0.3 is 0 Å². The standard InChI is InChI=1S/C12H11ClFN3.ClH/c13-10-6-8(11(15)17-12(10)16)5-7-1-3-9(14)4-2-7;/h1-4,6H,5H2,(H4,15,16,17);1H. The average Bonchev–Trinajstić information content (AvgIpc) is 2.29. The number of nitrogens with two attached hydrogens (primary N) is 2. The summed E-state index contributed by atoms with van der Waals surface area (Å²) in [4.78, 5) is 2.79. The molecule has 2 aromatic rings. The summed E-state index contributed by atoms with van der Waals surface area (Å²) in [5, 5.41) is 0.427. The van der Waals surface area contributed by atoms with Crippen LogP contribution in [0.4, 0.5) is 16.0 Å². The lowest BCUT2D eigenvalue weighted by atomic mass is 10.1. The molecule has 1 aromatic heterocycles. The average molecular weight is 288 g/mol. The molecule has 0 aliphatic rings. The predicted molar refractivity (Wildman–Crippen MR) is 66.0 cm³/mol. The maximum absolute atomic E-state index is 12.8. The van der Waals surface area contributed by atoms with Crippen LogP contribution in [0.5, 0.6) is 0 Å². The second-order valence-corrected chi connectivity index (χ2v) is 4.18. The zero-order chi connectivity index (χ0) is 12.4. The minimum Gasteiger partial charge on any atom is -1.00 e. The van der Waals surface area contributed by atoms with Crippen LogP contribution in [0.2, 0.25) is 5.02 Å². The number of aromatic nitrogens is 1. The van der Waals surface area contributed by atoms with Crippen LogP contribution < -0.4 is 28.9 Å². The van der Waals surface area contributed by atoms with E-state index in [2.05, 4.69) is 4.98 Å². The Morgan fingerprint density at radius 2 is 1.72 bits per heavy atom. The maximum atomic E-state index is 12.8. The molecular weight excluding hydrogens is 276 g/mol. The number of hydrogen-bond acceptors (Lipinski definition) is 2. The third kappa shape index (κ3) is 3.24. The van der Waals surface area contributed by atoms with Crippen LogP contribution in [-0.4, -0.2) is 0 Å². The van der Waals surface area contributed by atoms with Gasteiger partial charge in [0.2, 0.25) is 11.6 Å². The number of halogens is 3. The van der Waals surface area contributed by atoms with Crippen LogP contribution in [0.25, 0.3) is 0 Å². The normalized spacial score (nSPS) is 9.89. The monoisotopic (exact) mass is 287 g/mol. The predicted octanol–water partition coefficient (Wildman–Crippen LogP) is -0.948. The van der Waals surface area contributed by atoms with E-state index in [1.165, 1.54) is 12.1 Å². The van der Waals surface area contributed by atoms with Gasteiger partial charge in [0.1, 0.15) is 10.8 Å². The molecular formula is C12H12Cl2FN3. The van der Waals surface area contributed by atoms with Crippen molar-refractivity contribution in [1.82, 2.24) is 0 Å². The van der Waals surface area contributed by atoms with Gasteiger partial charge in [-0.25, -0.2) is 9.37 Å². The first kappa shape index (κ1) is 14.5. The zero-order valence-electron chi connectivity index (χ0n) is 9.38. The minimum atomic E-state index is -0.261. The largest absolute Gasteiger partial charge is 1.00 e. The van der Waals surface area contributed by atoms with Crippen molar-refractivity contribution >= 4 is 23.2 Å². The van der Waals surface area contributed by atoms with E-state index in [-0.39, 0.29) is 18.2 Å². The highest BCUT2D eigenvalue weighted by atomic mass is 35.5. The smallest absolute Gasteiger partial charge is 0.235 e. The number of pyridine rings is 1. The Hall–Kier alpha value is -1.52. The summed E-state index contributed by atoms with van der Waals surface area (Å²) < 4.78 is 12.8. The number of anilines is 2. The highest BCUT2D eigenvalue weighted by molar-refractivity contribution is 6.32. The first-order chi connectivity index (χ1) is 8.06. The van der Waals surface area contributed by atoms with Gasteiger partial charge in [0.05, 0.1) is 0 Å². The molecule has 0 atom stereocenters. The molecule has 0 unspecified atom stereocenters.